The fourth-order valence-corrected chi connectivity index (χ4v) is 5.89. The van der Waals surface area contributed by atoms with E-state index in [9.17, 15) is 32.3 Å². The second-order valence-electron chi connectivity index (χ2n) is 10.7. The van der Waals surface area contributed by atoms with Crippen LogP contribution >= 0.6 is 0 Å². The van der Waals surface area contributed by atoms with Gasteiger partial charge in [0.05, 0.1) is 19.2 Å². The molecule has 0 saturated heterocycles. The van der Waals surface area contributed by atoms with Gasteiger partial charge in [0.2, 0.25) is 0 Å². The summed E-state index contributed by atoms with van der Waals surface area (Å²) in [5, 5.41) is 14.0. The number of carboxylic acids is 1. The van der Waals surface area contributed by atoms with Gasteiger partial charge in [0.25, 0.3) is 5.91 Å². The predicted octanol–water partition coefficient (Wildman–Crippen LogP) is 6.31. The van der Waals surface area contributed by atoms with Crippen LogP contribution in [0.3, 0.4) is 0 Å². The molecule has 0 fully saturated rings. The maximum atomic E-state index is 14.4. The lowest BCUT2D eigenvalue weighted by atomic mass is 9.86. The molecule has 0 radical (unpaired) electrons. The number of methoxy groups -OCH3 is 1. The van der Waals surface area contributed by atoms with Crippen LogP contribution in [0.25, 0.3) is 21.9 Å². The highest BCUT2D eigenvalue weighted by molar-refractivity contribution is 6.01. The first-order valence-corrected chi connectivity index (χ1v) is 13.7. The van der Waals surface area contributed by atoms with Gasteiger partial charge in [-0.25, -0.2) is 9.18 Å². The van der Waals surface area contributed by atoms with Crippen LogP contribution in [0.5, 0.6) is 5.75 Å². The quantitative estimate of drug-likeness (QED) is 0.234. The Balaban J connectivity index is 1.52. The number of carbonyl (C=O) groups excluding carboxylic acids is 1. The highest BCUT2D eigenvalue weighted by Gasteiger charge is 2.33. The molecule has 43 heavy (non-hydrogen) atoms. The number of aryl methyl sites for hydroxylation is 1. The van der Waals surface area contributed by atoms with Crippen molar-refractivity contribution in [2.45, 2.75) is 38.5 Å². The topological polar surface area (TPSA) is 78.9 Å². The van der Waals surface area contributed by atoms with E-state index in [0.717, 1.165) is 39.1 Å². The second kappa shape index (κ2) is 12.0. The summed E-state index contributed by atoms with van der Waals surface area (Å²) in [5.41, 5.74) is 4.12. The molecule has 6 nitrogen and oxygen atoms in total. The van der Waals surface area contributed by atoms with E-state index in [1.807, 2.05) is 24.3 Å². The van der Waals surface area contributed by atoms with E-state index in [0.29, 0.717) is 23.3 Å². The predicted molar refractivity (Wildman–Crippen MR) is 155 cm³/mol. The number of amides is 1. The Kier molecular flexibility index (Phi) is 8.41. The molecule has 1 heterocycles. The Morgan fingerprint density at radius 2 is 1.74 bits per heavy atom. The number of hydrogen-bond acceptors (Lipinski definition) is 4. The van der Waals surface area contributed by atoms with E-state index in [2.05, 4.69) is 5.32 Å². The molecule has 1 aliphatic rings. The van der Waals surface area contributed by atoms with Gasteiger partial charge in [-0.2, -0.15) is 13.2 Å². The SMILES string of the molecule is COc1ccc2c(c1-c1cccc3c(C[C@H](NC(=O)c4c(C)cccc4F)C(=O)O)cccc13)CCN(CC(F)(F)F)C2. The van der Waals surface area contributed by atoms with Crippen molar-refractivity contribution in [2.24, 2.45) is 0 Å². The molecular formula is C33H30F4N2O4. The first kappa shape index (κ1) is 30.0. The molecule has 224 valence electrons. The number of nitrogens with zero attached hydrogens (tertiary/aromatic N) is 1. The number of ether oxygens (including phenoxy) is 1. The molecule has 2 N–H and O–H groups in total. The summed E-state index contributed by atoms with van der Waals surface area (Å²) in [6.45, 7) is 0.987. The Morgan fingerprint density at radius 1 is 1.02 bits per heavy atom. The summed E-state index contributed by atoms with van der Waals surface area (Å²) in [5.74, 6) is -2.24. The van der Waals surface area contributed by atoms with Crippen molar-refractivity contribution in [1.82, 2.24) is 10.2 Å². The van der Waals surface area contributed by atoms with Gasteiger partial charge in [-0.15, -0.1) is 0 Å². The third-order valence-corrected chi connectivity index (χ3v) is 7.82. The maximum absolute atomic E-state index is 14.4. The summed E-state index contributed by atoms with van der Waals surface area (Å²) < 4.78 is 59.4. The van der Waals surface area contributed by atoms with Crippen molar-refractivity contribution in [3.63, 3.8) is 0 Å². The van der Waals surface area contributed by atoms with Gasteiger partial charge in [0, 0.05) is 25.1 Å². The minimum Gasteiger partial charge on any atom is -0.496 e. The maximum Gasteiger partial charge on any atom is 0.401 e. The molecule has 0 spiro atoms. The number of hydrogen-bond donors (Lipinski definition) is 2. The summed E-state index contributed by atoms with van der Waals surface area (Å²) in [7, 11) is 1.54. The molecule has 0 unspecified atom stereocenters. The van der Waals surface area contributed by atoms with Crippen molar-refractivity contribution in [2.75, 3.05) is 20.2 Å². The first-order chi connectivity index (χ1) is 20.5. The zero-order chi connectivity index (χ0) is 30.9. The summed E-state index contributed by atoms with van der Waals surface area (Å²) in [6.07, 6.45) is -3.96. The zero-order valence-electron chi connectivity index (χ0n) is 23.6. The number of fused-ring (bicyclic) bond motifs is 2. The monoisotopic (exact) mass is 594 g/mol. The average Bonchev–Trinajstić information content (AvgIpc) is 2.95. The number of carbonyl (C=O) groups is 2. The van der Waals surface area contributed by atoms with Gasteiger partial charge >= 0.3 is 12.1 Å². The molecule has 0 saturated carbocycles. The first-order valence-electron chi connectivity index (χ1n) is 13.7. The van der Waals surface area contributed by atoms with Crippen LogP contribution in [0.4, 0.5) is 17.6 Å². The highest BCUT2D eigenvalue weighted by atomic mass is 19.4. The fourth-order valence-electron chi connectivity index (χ4n) is 5.89. The van der Waals surface area contributed by atoms with Crippen LogP contribution < -0.4 is 10.1 Å². The highest BCUT2D eigenvalue weighted by Crippen LogP contribution is 2.42. The molecular weight excluding hydrogens is 564 g/mol. The fraction of sp³-hybridized carbons (Fsp3) is 0.273. The molecule has 1 atom stereocenters. The van der Waals surface area contributed by atoms with Gasteiger partial charge < -0.3 is 15.2 Å². The summed E-state index contributed by atoms with van der Waals surface area (Å²) in [6, 6.07) is 17.5. The van der Waals surface area contributed by atoms with Gasteiger partial charge in [-0.05, 0) is 64.1 Å². The Morgan fingerprint density at radius 3 is 2.44 bits per heavy atom. The van der Waals surface area contributed by atoms with Crippen molar-refractivity contribution in [3.05, 3.63) is 100 Å². The van der Waals surface area contributed by atoms with Gasteiger partial charge in [-0.3, -0.25) is 9.69 Å². The van der Waals surface area contributed by atoms with Crippen molar-refractivity contribution in [1.29, 1.82) is 0 Å². The smallest absolute Gasteiger partial charge is 0.401 e. The molecule has 0 aliphatic carbocycles. The second-order valence-corrected chi connectivity index (χ2v) is 10.7. The normalized spacial score (nSPS) is 14.3. The van der Waals surface area contributed by atoms with Gasteiger partial charge in [-0.1, -0.05) is 54.6 Å². The Bertz CT molecular complexity index is 1680. The Hall–Kier alpha value is -4.44. The average molecular weight is 595 g/mol. The van der Waals surface area contributed by atoms with Crippen molar-refractivity contribution >= 4 is 22.6 Å². The molecule has 1 amide bonds. The van der Waals surface area contributed by atoms with E-state index in [4.69, 9.17) is 4.74 Å². The minimum absolute atomic E-state index is 0.0637. The number of nitrogens with one attached hydrogen (secondary N) is 1. The number of rotatable bonds is 8. The zero-order valence-corrected chi connectivity index (χ0v) is 23.6. The third-order valence-electron chi connectivity index (χ3n) is 7.82. The molecule has 4 aromatic rings. The third kappa shape index (κ3) is 6.34. The largest absolute Gasteiger partial charge is 0.496 e. The van der Waals surface area contributed by atoms with Crippen molar-refractivity contribution in [3.8, 4) is 16.9 Å². The van der Waals surface area contributed by atoms with E-state index in [1.54, 1.807) is 37.3 Å². The molecule has 1 aliphatic heterocycles. The van der Waals surface area contributed by atoms with Crippen LogP contribution in [0.1, 0.15) is 32.6 Å². The number of alkyl halides is 3. The van der Waals surface area contributed by atoms with Crippen LogP contribution in [-0.2, 0) is 24.2 Å². The number of benzene rings is 4. The summed E-state index contributed by atoms with van der Waals surface area (Å²) in [4.78, 5) is 26.5. The van der Waals surface area contributed by atoms with Crippen LogP contribution in [-0.4, -0.2) is 54.3 Å². The van der Waals surface area contributed by atoms with Gasteiger partial charge in [0.1, 0.15) is 17.6 Å². The van der Waals surface area contributed by atoms with E-state index in [1.165, 1.54) is 18.1 Å². The molecule has 10 heteroatoms. The van der Waals surface area contributed by atoms with Crippen LogP contribution in [0, 0.1) is 12.7 Å². The molecule has 4 aromatic carbocycles. The van der Waals surface area contributed by atoms with E-state index >= 15 is 0 Å². The summed E-state index contributed by atoms with van der Waals surface area (Å²) >= 11 is 0. The minimum atomic E-state index is -4.29. The number of aliphatic carboxylic acids is 1. The Labute approximate surface area is 245 Å². The standard InChI is InChI=1S/C33H30F4N2O4/c1-19-6-3-11-26(34)29(19)31(40)38-27(32(41)42)16-20-7-4-9-24-22(20)8-5-10-25(24)30-23-14-15-39(18-33(35,36)37)17-21(23)12-13-28(30)43-2/h3-13,27H,14-18H2,1-2H3,(H,38,40)(H,41,42)/t27-/m0/s1. The van der Waals surface area contributed by atoms with Crippen molar-refractivity contribution < 1.29 is 37.0 Å². The van der Waals surface area contributed by atoms with E-state index < -0.39 is 36.5 Å². The lowest BCUT2D eigenvalue weighted by Crippen LogP contribution is -2.42. The molecule has 5 rings (SSSR count). The lowest BCUT2D eigenvalue weighted by Gasteiger charge is -2.31. The van der Waals surface area contributed by atoms with Gasteiger partial charge in [0.15, 0.2) is 0 Å². The van der Waals surface area contributed by atoms with E-state index in [-0.39, 0.29) is 25.1 Å². The number of halogens is 4. The lowest BCUT2D eigenvalue weighted by molar-refractivity contribution is -0.147. The van der Waals surface area contributed by atoms with Crippen LogP contribution in [0.15, 0.2) is 66.7 Å². The van der Waals surface area contributed by atoms with Crippen LogP contribution in [0.2, 0.25) is 0 Å². The number of carboxylic acid groups (broad SMARTS) is 1. The molecule has 0 bridgehead atoms. The molecule has 0 aromatic heterocycles.